The summed E-state index contributed by atoms with van der Waals surface area (Å²) in [4.78, 5) is 12.5. The lowest BCUT2D eigenvalue weighted by molar-refractivity contribution is -0.113. The first-order chi connectivity index (χ1) is 15.0. The minimum Gasteiger partial charge on any atom is -0.497 e. The van der Waals surface area contributed by atoms with Gasteiger partial charge in [0.1, 0.15) is 5.75 Å². The van der Waals surface area contributed by atoms with E-state index in [1.807, 2.05) is 83.0 Å². The van der Waals surface area contributed by atoms with Gasteiger partial charge in [-0.3, -0.25) is 13.9 Å². The molecule has 2 heterocycles. The molecule has 7 nitrogen and oxygen atoms in total. The summed E-state index contributed by atoms with van der Waals surface area (Å²) in [7, 11) is 1.63. The zero-order chi connectivity index (χ0) is 21.8. The maximum Gasteiger partial charge on any atom is 0.240 e. The van der Waals surface area contributed by atoms with Crippen molar-refractivity contribution in [1.82, 2.24) is 19.3 Å². The zero-order valence-electron chi connectivity index (χ0n) is 16.9. The SMILES string of the molecule is COc1cccc(-n2c(SCC(=O)Nc3ccc(Br)c(C)c3)nnc2-n2cccc2)c1. The number of halogens is 1. The van der Waals surface area contributed by atoms with Crippen LogP contribution >= 0.6 is 27.7 Å². The van der Waals surface area contributed by atoms with Crippen LogP contribution in [0.4, 0.5) is 5.69 Å². The Labute approximate surface area is 192 Å². The van der Waals surface area contributed by atoms with Gasteiger partial charge < -0.3 is 10.1 Å². The Bertz CT molecular complexity index is 1210. The highest BCUT2D eigenvalue weighted by atomic mass is 79.9. The number of nitrogens with one attached hydrogen (secondary N) is 1. The summed E-state index contributed by atoms with van der Waals surface area (Å²) in [6.07, 6.45) is 3.80. The quantitative estimate of drug-likeness (QED) is 0.368. The molecule has 1 amide bonds. The zero-order valence-corrected chi connectivity index (χ0v) is 19.4. The van der Waals surface area contributed by atoms with Crippen molar-refractivity contribution in [3.63, 3.8) is 0 Å². The Kier molecular flexibility index (Phi) is 6.43. The fourth-order valence-corrected chi connectivity index (χ4v) is 4.01. The van der Waals surface area contributed by atoms with Crippen LogP contribution in [0.3, 0.4) is 0 Å². The molecule has 4 aromatic rings. The monoisotopic (exact) mass is 497 g/mol. The van der Waals surface area contributed by atoms with Gasteiger partial charge in [0.2, 0.25) is 11.9 Å². The van der Waals surface area contributed by atoms with Gasteiger partial charge in [0.25, 0.3) is 0 Å². The molecule has 0 radical (unpaired) electrons. The van der Waals surface area contributed by atoms with E-state index >= 15 is 0 Å². The normalized spacial score (nSPS) is 10.8. The van der Waals surface area contributed by atoms with E-state index in [2.05, 4.69) is 31.4 Å². The summed E-state index contributed by atoms with van der Waals surface area (Å²) in [5.41, 5.74) is 2.66. The van der Waals surface area contributed by atoms with Crippen LogP contribution in [-0.4, -0.2) is 38.1 Å². The third-order valence-corrected chi connectivity index (χ3v) is 6.36. The molecule has 4 rings (SSSR count). The minimum atomic E-state index is -0.116. The molecule has 0 aliphatic heterocycles. The number of rotatable bonds is 7. The lowest BCUT2D eigenvalue weighted by Crippen LogP contribution is -2.15. The Balaban J connectivity index is 1.58. The molecular formula is C22H20BrN5O2S. The van der Waals surface area contributed by atoms with Crippen LogP contribution in [0.15, 0.2) is 76.6 Å². The van der Waals surface area contributed by atoms with E-state index < -0.39 is 0 Å². The van der Waals surface area contributed by atoms with Crippen molar-refractivity contribution in [3.8, 4) is 17.4 Å². The maximum atomic E-state index is 12.5. The number of aromatic nitrogens is 4. The van der Waals surface area contributed by atoms with Gasteiger partial charge >= 0.3 is 0 Å². The Morgan fingerprint density at radius 1 is 1.13 bits per heavy atom. The van der Waals surface area contributed by atoms with Gasteiger partial charge in [-0.1, -0.05) is 33.8 Å². The maximum absolute atomic E-state index is 12.5. The van der Waals surface area contributed by atoms with Crippen molar-refractivity contribution >= 4 is 39.3 Å². The first kappa shape index (κ1) is 21.2. The second-order valence-corrected chi connectivity index (χ2v) is 8.51. The molecule has 0 unspecified atom stereocenters. The molecule has 2 aromatic heterocycles. The Morgan fingerprint density at radius 3 is 2.68 bits per heavy atom. The summed E-state index contributed by atoms with van der Waals surface area (Å²) >= 11 is 4.79. The number of thioether (sulfide) groups is 1. The fraction of sp³-hybridized carbons (Fsp3) is 0.136. The summed E-state index contributed by atoms with van der Waals surface area (Å²) in [6.45, 7) is 1.98. The van der Waals surface area contributed by atoms with Gasteiger partial charge in [-0.2, -0.15) is 0 Å². The van der Waals surface area contributed by atoms with Crippen LogP contribution in [0.1, 0.15) is 5.56 Å². The molecule has 0 saturated heterocycles. The van der Waals surface area contributed by atoms with Gasteiger partial charge in [0.15, 0.2) is 5.16 Å². The second kappa shape index (κ2) is 9.40. The van der Waals surface area contributed by atoms with Crippen molar-refractivity contribution < 1.29 is 9.53 Å². The average molecular weight is 498 g/mol. The highest BCUT2D eigenvalue weighted by Gasteiger charge is 2.17. The van der Waals surface area contributed by atoms with Crippen molar-refractivity contribution in [3.05, 3.63) is 77.0 Å². The molecule has 2 aromatic carbocycles. The average Bonchev–Trinajstić information content (AvgIpc) is 3.44. The summed E-state index contributed by atoms with van der Waals surface area (Å²) < 4.78 is 10.2. The number of hydrogen-bond donors (Lipinski definition) is 1. The van der Waals surface area contributed by atoms with Crippen molar-refractivity contribution in [2.45, 2.75) is 12.1 Å². The summed E-state index contributed by atoms with van der Waals surface area (Å²) in [5.74, 6) is 1.44. The van der Waals surface area contributed by atoms with E-state index in [9.17, 15) is 4.79 Å². The van der Waals surface area contributed by atoms with Gasteiger partial charge in [-0.25, -0.2) is 0 Å². The molecule has 0 aliphatic rings. The molecule has 0 atom stereocenters. The highest BCUT2D eigenvalue weighted by molar-refractivity contribution is 9.10. The lowest BCUT2D eigenvalue weighted by Gasteiger charge is -2.12. The number of ether oxygens (including phenoxy) is 1. The van der Waals surface area contributed by atoms with E-state index in [-0.39, 0.29) is 11.7 Å². The van der Waals surface area contributed by atoms with Crippen LogP contribution in [0.25, 0.3) is 11.6 Å². The Morgan fingerprint density at radius 2 is 1.94 bits per heavy atom. The van der Waals surface area contributed by atoms with Crippen molar-refractivity contribution in [2.24, 2.45) is 0 Å². The topological polar surface area (TPSA) is 74.0 Å². The van der Waals surface area contributed by atoms with Crippen LogP contribution in [-0.2, 0) is 4.79 Å². The number of hydrogen-bond acceptors (Lipinski definition) is 5. The molecule has 0 spiro atoms. The molecule has 9 heteroatoms. The standard InChI is InChI=1S/C22H20BrN5O2S/c1-15-12-16(8-9-19(15)23)24-20(29)14-31-22-26-25-21(27-10-3-4-11-27)28(22)17-6-5-7-18(13-17)30-2/h3-13H,14H2,1-2H3,(H,24,29). The molecule has 0 aliphatic carbocycles. The van der Waals surface area contributed by atoms with E-state index in [0.717, 1.165) is 27.2 Å². The number of aryl methyl sites for hydroxylation is 1. The van der Waals surface area contributed by atoms with Gasteiger partial charge in [-0.05, 0) is 55.0 Å². The number of anilines is 1. The van der Waals surface area contributed by atoms with Crippen LogP contribution in [0.5, 0.6) is 5.75 Å². The molecule has 0 bridgehead atoms. The van der Waals surface area contributed by atoms with E-state index in [1.54, 1.807) is 7.11 Å². The third kappa shape index (κ3) is 4.83. The number of methoxy groups -OCH3 is 1. The molecule has 0 saturated carbocycles. The van der Waals surface area contributed by atoms with Crippen molar-refractivity contribution in [1.29, 1.82) is 0 Å². The number of carbonyl (C=O) groups is 1. The van der Waals surface area contributed by atoms with Gasteiger partial charge in [0.05, 0.1) is 18.6 Å². The predicted molar refractivity (Wildman–Crippen MR) is 125 cm³/mol. The van der Waals surface area contributed by atoms with Gasteiger partial charge in [-0.15, -0.1) is 10.2 Å². The molecule has 31 heavy (non-hydrogen) atoms. The number of amides is 1. The summed E-state index contributed by atoms with van der Waals surface area (Å²) in [5, 5.41) is 12.2. The smallest absolute Gasteiger partial charge is 0.240 e. The number of carbonyl (C=O) groups excluding carboxylic acids is 1. The minimum absolute atomic E-state index is 0.116. The predicted octanol–water partition coefficient (Wildman–Crippen LogP) is 4.87. The summed E-state index contributed by atoms with van der Waals surface area (Å²) in [6, 6.07) is 17.2. The van der Waals surface area contributed by atoms with Crippen LogP contribution < -0.4 is 10.1 Å². The molecular weight excluding hydrogens is 478 g/mol. The molecule has 158 valence electrons. The van der Waals surface area contributed by atoms with E-state index in [0.29, 0.717) is 11.1 Å². The fourth-order valence-electron chi connectivity index (χ4n) is 3.02. The first-order valence-electron chi connectivity index (χ1n) is 9.47. The molecule has 1 N–H and O–H groups in total. The number of nitrogens with zero attached hydrogens (tertiary/aromatic N) is 4. The van der Waals surface area contributed by atoms with Crippen LogP contribution in [0.2, 0.25) is 0 Å². The second-order valence-electron chi connectivity index (χ2n) is 6.71. The first-order valence-corrected chi connectivity index (χ1v) is 11.2. The highest BCUT2D eigenvalue weighted by Crippen LogP contribution is 2.27. The lowest BCUT2D eigenvalue weighted by atomic mass is 10.2. The Hall–Kier alpha value is -3.04. The molecule has 0 fully saturated rings. The van der Waals surface area contributed by atoms with E-state index in [4.69, 9.17) is 4.74 Å². The number of benzene rings is 2. The van der Waals surface area contributed by atoms with Crippen molar-refractivity contribution in [2.75, 3.05) is 18.2 Å². The van der Waals surface area contributed by atoms with Gasteiger partial charge in [0, 0.05) is 28.6 Å². The third-order valence-electron chi connectivity index (χ3n) is 4.54. The van der Waals surface area contributed by atoms with Crippen LogP contribution in [0, 0.1) is 6.92 Å². The largest absolute Gasteiger partial charge is 0.497 e. The van der Waals surface area contributed by atoms with E-state index in [1.165, 1.54) is 11.8 Å².